The van der Waals surface area contributed by atoms with Gasteiger partial charge in [0.15, 0.2) is 0 Å². The van der Waals surface area contributed by atoms with Gasteiger partial charge in [-0.15, -0.1) is 6.58 Å². The van der Waals surface area contributed by atoms with E-state index >= 15 is 0 Å². The molecule has 0 unspecified atom stereocenters. The van der Waals surface area contributed by atoms with E-state index in [1.807, 2.05) is 6.92 Å². The zero-order valence-corrected chi connectivity index (χ0v) is 14.0. The lowest BCUT2D eigenvalue weighted by Crippen LogP contribution is -2.35. The molecule has 5 nitrogen and oxygen atoms in total. The lowest BCUT2D eigenvalue weighted by Gasteiger charge is -2.24. The average molecular weight is 312 g/mol. The van der Waals surface area contributed by atoms with Crippen LogP contribution in [0.25, 0.3) is 0 Å². The lowest BCUT2D eigenvalue weighted by atomic mass is 10.1. The van der Waals surface area contributed by atoms with Crippen LogP contribution in [0.4, 0.5) is 5.69 Å². The standard InChI is InChI=1S/C15H24N2O3S/c1-6-7-17(8-9-20-5)21(18,19)15-12(3)11(2)10-14(16)13(15)4/h6,10H,1,7-9,16H2,2-5H3. The Balaban J connectivity index is 3.44. The molecule has 0 fully saturated rings. The van der Waals surface area contributed by atoms with E-state index < -0.39 is 10.0 Å². The number of ether oxygens (including phenoxy) is 1. The first kappa shape index (κ1) is 17.7. The highest BCUT2D eigenvalue weighted by atomic mass is 32.2. The van der Waals surface area contributed by atoms with E-state index in [0.717, 1.165) is 11.1 Å². The molecule has 0 bridgehead atoms. The average Bonchev–Trinajstić information content (AvgIpc) is 2.41. The lowest BCUT2D eigenvalue weighted by molar-refractivity contribution is 0.182. The van der Waals surface area contributed by atoms with Crippen LogP contribution in [0.15, 0.2) is 23.6 Å². The van der Waals surface area contributed by atoms with Gasteiger partial charge in [0.2, 0.25) is 10.0 Å². The normalized spacial score (nSPS) is 11.9. The molecule has 0 aliphatic heterocycles. The van der Waals surface area contributed by atoms with Crippen LogP contribution in [0.5, 0.6) is 0 Å². The second-order valence-electron chi connectivity index (χ2n) is 5.01. The molecule has 0 atom stereocenters. The van der Waals surface area contributed by atoms with Gasteiger partial charge in [-0.25, -0.2) is 8.42 Å². The first-order chi connectivity index (χ1) is 9.77. The van der Waals surface area contributed by atoms with Crippen LogP contribution in [0.2, 0.25) is 0 Å². The molecule has 0 saturated heterocycles. The molecule has 0 aliphatic rings. The second kappa shape index (κ2) is 7.06. The van der Waals surface area contributed by atoms with Crippen molar-refractivity contribution in [3.05, 3.63) is 35.4 Å². The first-order valence-electron chi connectivity index (χ1n) is 6.73. The molecule has 0 aromatic heterocycles. The predicted molar refractivity (Wildman–Crippen MR) is 85.9 cm³/mol. The van der Waals surface area contributed by atoms with E-state index in [1.165, 1.54) is 4.31 Å². The Kier molecular flexibility index (Phi) is 5.95. The van der Waals surface area contributed by atoms with Gasteiger partial charge in [-0.05, 0) is 43.5 Å². The van der Waals surface area contributed by atoms with E-state index in [1.54, 1.807) is 33.1 Å². The topological polar surface area (TPSA) is 72.6 Å². The maximum Gasteiger partial charge on any atom is 0.244 e. The molecule has 1 aromatic rings. The molecular formula is C15H24N2O3S. The third-order valence-corrected chi connectivity index (χ3v) is 5.69. The van der Waals surface area contributed by atoms with Gasteiger partial charge < -0.3 is 10.5 Å². The molecule has 6 heteroatoms. The van der Waals surface area contributed by atoms with Gasteiger partial charge >= 0.3 is 0 Å². The molecule has 1 aromatic carbocycles. The van der Waals surface area contributed by atoms with Gasteiger partial charge in [-0.3, -0.25) is 0 Å². The number of aryl methyl sites for hydroxylation is 1. The smallest absolute Gasteiger partial charge is 0.244 e. The van der Waals surface area contributed by atoms with Crippen LogP contribution in [0.3, 0.4) is 0 Å². The van der Waals surface area contributed by atoms with Crippen LogP contribution in [0, 0.1) is 20.8 Å². The summed E-state index contributed by atoms with van der Waals surface area (Å²) in [6, 6.07) is 1.80. The SMILES string of the molecule is C=CCN(CCOC)S(=O)(=O)c1c(C)c(C)cc(N)c1C. The maximum atomic E-state index is 12.9. The van der Waals surface area contributed by atoms with Crippen molar-refractivity contribution in [2.45, 2.75) is 25.7 Å². The largest absolute Gasteiger partial charge is 0.398 e. The summed E-state index contributed by atoms with van der Waals surface area (Å²) in [5.41, 5.74) is 8.60. The van der Waals surface area contributed by atoms with Crippen molar-refractivity contribution >= 4 is 15.7 Å². The Bertz CT molecular complexity index is 598. The number of hydrogen-bond acceptors (Lipinski definition) is 4. The van der Waals surface area contributed by atoms with Gasteiger partial charge in [0.05, 0.1) is 11.5 Å². The summed E-state index contributed by atoms with van der Waals surface area (Å²) in [6.07, 6.45) is 1.57. The maximum absolute atomic E-state index is 12.9. The molecule has 118 valence electrons. The minimum Gasteiger partial charge on any atom is -0.398 e. The fourth-order valence-corrected chi connectivity index (χ4v) is 4.13. The summed E-state index contributed by atoms with van der Waals surface area (Å²) < 4.78 is 32.2. The van der Waals surface area contributed by atoms with Gasteiger partial charge in [0, 0.05) is 25.9 Å². The second-order valence-corrected chi connectivity index (χ2v) is 6.88. The van der Waals surface area contributed by atoms with Crippen molar-refractivity contribution in [2.75, 3.05) is 32.5 Å². The summed E-state index contributed by atoms with van der Waals surface area (Å²) in [5, 5.41) is 0. The Morgan fingerprint density at radius 1 is 1.33 bits per heavy atom. The highest BCUT2D eigenvalue weighted by Crippen LogP contribution is 2.30. The Morgan fingerprint density at radius 3 is 2.48 bits per heavy atom. The Hall–Kier alpha value is -1.37. The van der Waals surface area contributed by atoms with Crippen LogP contribution in [-0.2, 0) is 14.8 Å². The van der Waals surface area contributed by atoms with Gasteiger partial charge in [0.25, 0.3) is 0 Å². The summed E-state index contributed by atoms with van der Waals surface area (Å²) in [7, 11) is -2.10. The highest BCUT2D eigenvalue weighted by Gasteiger charge is 2.28. The molecule has 0 radical (unpaired) electrons. The Morgan fingerprint density at radius 2 is 1.95 bits per heavy atom. The summed E-state index contributed by atoms with van der Waals surface area (Å²) in [6.45, 7) is 9.85. The number of nitrogens with zero attached hydrogens (tertiary/aromatic N) is 1. The number of hydrogen-bond donors (Lipinski definition) is 1. The minimum atomic E-state index is -3.64. The molecule has 2 N–H and O–H groups in total. The number of benzene rings is 1. The van der Waals surface area contributed by atoms with Crippen molar-refractivity contribution < 1.29 is 13.2 Å². The summed E-state index contributed by atoms with van der Waals surface area (Å²) >= 11 is 0. The molecule has 21 heavy (non-hydrogen) atoms. The van der Waals surface area contributed by atoms with E-state index in [9.17, 15) is 8.42 Å². The minimum absolute atomic E-state index is 0.235. The van der Waals surface area contributed by atoms with E-state index in [0.29, 0.717) is 17.9 Å². The number of sulfonamides is 1. The summed E-state index contributed by atoms with van der Waals surface area (Å²) in [5.74, 6) is 0. The van der Waals surface area contributed by atoms with Crippen molar-refractivity contribution in [3.63, 3.8) is 0 Å². The fourth-order valence-electron chi connectivity index (χ4n) is 2.20. The monoisotopic (exact) mass is 312 g/mol. The van der Waals surface area contributed by atoms with Crippen molar-refractivity contribution in [1.82, 2.24) is 4.31 Å². The third-order valence-electron chi connectivity index (χ3n) is 3.55. The van der Waals surface area contributed by atoms with E-state index in [2.05, 4.69) is 6.58 Å². The van der Waals surface area contributed by atoms with Crippen molar-refractivity contribution in [1.29, 1.82) is 0 Å². The Labute approximate surface area is 127 Å². The molecule has 0 saturated carbocycles. The molecule has 1 rings (SSSR count). The zero-order chi connectivity index (χ0) is 16.2. The number of nitrogen functional groups attached to an aromatic ring is 1. The predicted octanol–water partition coefficient (Wildman–Crippen LogP) is 2.02. The molecule has 0 amide bonds. The fraction of sp³-hybridized carbons (Fsp3) is 0.467. The number of nitrogens with two attached hydrogens (primary N) is 1. The van der Waals surface area contributed by atoms with E-state index in [4.69, 9.17) is 10.5 Å². The van der Waals surface area contributed by atoms with Crippen LogP contribution in [0.1, 0.15) is 16.7 Å². The molecule has 0 heterocycles. The highest BCUT2D eigenvalue weighted by molar-refractivity contribution is 7.89. The van der Waals surface area contributed by atoms with Gasteiger partial charge in [-0.2, -0.15) is 4.31 Å². The third kappa shape index (κ3) is 3.64. The summed E-state index contributed by atoms with van der Waals surface area (Å²) in [4.78, 5) is 0.290. The number of rotatable bonds is 7. The number of anilines is 1. The van der Waals surface area contributed by atoms with Crippen LogP contribution < -0.4 is 5.73 Å². The molecule has 0 spiro atoms. The van der Waals surface area contributed by atoms with Crippen LogP contribution >= 0.6 is 0 Å². The van der Waals surface area contributed by atoms with E-state index in [-0.39, 0.29) is 18.0 Å². The zero-order valence-electron chi connectivity index (χ0n) is 13.1. The first-order valence-corrected chi connectivity index (χ1v) is 8.17. The molecular weight excluding hydrogens is 288 g/mol. The van der Waals surface area contributed by atoms with Gasteiger partial charge in [-0.1, -0.05) is 6.08 Å². The van der Waals surface area contributed by atoms with Crippen molar-refractivity contribution in [2.24, 2.45) is 0 Å². The molecule has 0 aliphatic carbocycles. The number of methoxy groups -OCH3 is 1. The van der Waals surface area contributed by atoms with Crippen molar-refractivity contribution in [3.8, 4) is 0 Å². The van der Waals surface area contributed by atoms with Gasteiger partial charge in [0.1, 0.15) is 0 Å². The van der Waals surface area contributed by atoms with Crippen LogP contribution in [-0.4, -0.2) is 39.5 Å². The quantitative estimate of drug-likeness (QED) is 0.617.